The van der Waals surface area contributed by atoms with Gasteiger partial charge in [-0.1, -0.05) is 19.3 Å². The van der Waals surface area contributed by atoms with E-state index in [0.717, 1.165) is 25.7 Å². The number of hydrogen-bond donors (Lipinski definition) is 2. The second-order valence-corrected chi connectivity index (χ2v) is 6.58. The van der Waals surface area contributed by atoms with Gasteiger partial charge in [-0.25, -0.2) is 4.79 Å². The number of amides is 1. The highest BCUT2D eigenvalue weighted by Crippen LogP contribution is 2.28. The minimum absolute atomic E-state index is 0.0803. The molecule has 2 N–H and O–H groups in total. The molecule has 0 aromatic heterocycles. The van der Waals surface area contributed by atoms with Gasteiger partial charge in [-0.3, -0.25) is 4.79 Å². The Morgan fingerprint density at radius 3 is 2.35 bits per heavy atom. The second-order valence-electron chi connectivity index (χ2n) is 6.58. The molecule has 1 atom stereocenters. The number of alkyl carbamates (subject to hydrolysis) is 1. The summed E-state index contributed by atoms with van der Waals surface area (Å²) >= 11 is 0. The summed E-state index contributed by atoms with van der Waals surface area (Å²) in [5.74, 6) is -0.451. The van der Waals surface area contributed by atoms with Crippen molar-refractivity contribution in [2.75, 3.05) is 0 Å². The van der Waals surface area contributed by atoms with Crippen molar-refractivity contribution in [1.82, 2.24) is 5.32 Å². The van der Waals surface area contributed by atoms with Gasteiger partial charge in [0.25, 0.3) is 0 Å². The maximum absolute atomic E-state index is 11.9. The minimum Gasteiger partial charge on any atom is -0.481 e. The molecule has 0 heterocycles. The quantitative estimate of drug-likeness (QED) is 0.812. The van der Waals surface area contributed by atoms with Gasteiger partial charge in [0.2, 0.25) is 0 Å². The molecule has 0 aliphatic heterocycles. The first kappa shape index (κ1) is 16.8. The van der Waals surface area contributed by atoms with Crippen LogP contribution in [-0.2, 0) is 9.53 Å². The van der Waals surface area contributed by atoms with E-state index in [-0.39, 0.29) is 12.5 Å². The van der Waals surface area contributed by atoms with Gasteiger partial charge in [0.15, 0.2) is 0 Å². The van der Waals surface area contributed by atoms with Crippen LogP contribution in [0.25, 0.3) is 0 Å². The van der Waals surface area contributed by atoms with E-state index in [1.165, 1.54) is 6.42 Å². The maximum Gasteiger partial charge on any atom is 0.407 e. The van der Waals surface area contributed by atoms with Gasteiger partial charge in [0.1, 0.15) is 5.60 Å². The number of carbonyl (C=O) groups excluding carboxylic acids is 1. The molecular weight excluding hydrogens is 258 g/mol. The van der Waals surface area contributed by atoms with E-state index in [1.54, 1.807) is 0 Å². The van der Waals surface area contributed by atoms with E-state index in [9.17, 15) is 9.59 Å². The average Bonchev–Trinajstić information content (AvgIpc) is 2.33. The predicted octanol–water partition coefficient (Wildman–Crippen LogP) is 3.32. The molecule has 0 saturated heterocycles. The smallest absolute Gasteiger partial charge is 0.407 e. The van der Waals surface area contributed by atoms with Crippen molar-refractivity contribution >= 4 is 12.1 Å². The van der Waals surface area contributed by atoms with Gasteiger partial charge in [-0.05, 0) is 46.0 Å². The van der Waals surface area contributed by atoms with Crippen LogP contribution in [-0.4, -0.2) is 28.8 Å². The summed E-state index contributed by atoms with van der Waals surface area (Å²) in [4.78, 5) is 22.6. The fourth-order valence-corrected chi connectivity index (χ4v) is 2.70. The predicted molar refractivity (Wildman–Crippen MR) is 76.6 cm³/mol. The third-order valence-corrected chi connectivity index (χ3v) is 3.59. The zero-order valence-corrected chi connectivity index (χ0v) is 12.8. The van der Waals surface area contributed by atoms with E-state index < -0.39 is 17.7 Å². The maximum atomic E-state index is 11.9. The van der Waals surface area contributed by atoms with Gasteiger partial charge < -0.3 is 15.2 Å². The number of aliphatic carboxylic acids is 1. The van der Waals surface area contributed by atoms with Gasteiger partial charge >= 0.3 is 12.1 Å². The standard InChI is InChI=1S/C15H27NO4/c1-15(2,3)20-14(19)16-12(9-10-13(17)18)11-7-5-4-6-8-11/h11-12H,4-10H2,1-3H3,(H,16,19)(H,17,18)/t12-/m0/s1. The number of ether oxygens (including phenoxy) is 1. The Labute approximate surface area is 121 Å². The average molecular weight is 285 g/mol. The monoisotopic (exact) mass is 285 g/mol. The summed E-state index contributed by atoms with van der Waals surface area (Å²) in [6.07, 6.45) is 5.76. The van der Waals surface area contributed by atoms with Crippen molar-refractivity contribution in [3.05, 3.63) is 0 Å². The number of carboxylic acid groups (broad SMARTS) is 1. The summed E-state index contributed by atoms with van der Waals surface area (Å²) in [6, 6.07) is -0.0961. The van der Waals surface area contributed by atoms with Crippen LogP contribution in [0.4, 0.5) is 4.79 Å². The van der Waals surface area contributed by atoms with Gasteiger partial charge in [-0.2, -0.15) is 0 Å². The highest BCUT2D eigenvalue weighted by molar-refractivity contribution is 5.69. The Morgan fingerprint density at radius 1 is 1.25 bits per heavy atom. The molecule has 5 nitrogen and oxygen atoms in total. The lowest BCUT2D eigenvalue weighted by atomic mass is 9.82. The lowest BCUT2D eigenvalue weighted by Crippen LogP contribution is -2.43. The normalized spacial score (nSPS) is 18.4. The topological polar surface area (TPSA) is 75.6 Å². The van der Waals surface area contributed by atoms with Crippen molar-refractivity contribution in [2.24, 2.45) is 5.92 Å². The molecule has 1 aliphatic rings. The molecule has 116 valence electrons. The number of carboxylic acids is 1. The van der Waals surface area contributed by atoms with Crippen LogP contribution in [0.1, 0.15) is 65.7 Å². The Morgan fingerprint density at radius 2 is 1.85 bits per heavy atom. The Bertz CT molecular complexity index is 329. The van der Waals surface area contributed by atoms with Crippen molar-refractivity contribution in [3.63, 3.8) is 0 Å². The van der Waals surface area contributed by atoms with Crippen molar-refractivity contribution in [1.29, 1.82) is 0 Å². The summed E-state index contributed by atoms with van der Waals surface area (Å²) in [5.41, 5.74) is -0.534. The van der Waals surface area contributed by atoms with Crippen molar-refractivity contribution in [3.8, 4) is 0 Å². The number of nitrogens with one attached hydrogen (secondary N) is 1. The van der Waals surface area contributed by atoms with E-state index in [2.05, 4.69) is 5.32 Å². The molecule has 5 heteroatoms. The molecule has 1 rings (SSSR count). The molecule has 20 heavy (non-hydrogen) atoms. The lowest BCUT2D eigenvalue weighted by molar-refractivity contribution is -0.137. The minimum atomic E-state index is -0.822. The van der Waals surface area contributed by atoms with Crippen LogP contribution in [0.15, 0.2) is 0 Å². The van der Waals surface area contributed by atoms with Crippen molar-refractivity contribution < 1.29 is 19.4 Å². The second kappa shape index (κ2) is 7.50. The van der Waals surface area contributed by atoms with Crippen LogP contribution in [0, 0.1) is 5.92 Å². The first-order valence-electron chi connectivity index (χ1n) is 7.49. The zero-order valence-electron chi connectivity index (χ0n) is 12.8. The lowest BCUT2D eigenvalue weighted by Gasteiger charge is -2.31. The summed E-state index contributed by atoms with van der Waals surface area (Å²) in [7, 11) is 0. The molecule has 1 fully saturated rings. The molecule has 0 spiro atoms. The van der Waals surface area contributed by atoms with Crippen LogP contribution in [0.2, 0.25) is 0 Å². The van der Waals surface area contributed by atoms with E-state index >= 15 is 0 Å². The summed E-state index contributed by atoms with van der Waals surface area (Å²) in [5, 5.41) is 11.7. The molecular formula is C15H27NO4. The first-order valence-corrected chi connectivity index (χ1v) is 7.49. The molecule has 1 aliphatic carbocycles. The van der Waals surface area contributed by atoms with Crippen LogP contribution in [0.5, 0.6) is 0 Å². The molecule has 1 saturated carbocycles. The van der Waals surface area contributed by atoms with Crippen LogP contribution >= 0.6 is 0 Å². The zero-order chi connectivity index (χ0) is 15.2. The van der Waals surface area contributed by atoms with Crippen LogP contribution in [0.3, 0.4) is 0 Å². The Kier molecular flexibility index (Phi) is 6.30. The Balaban J connectivity index is 2.56. The Hall–Kier alpha value is -1.26. The van der Waals surface area contributed by atoms with Crippen LogP contribution < -0.4 is 5.32 Å². The SMILES string of the molecule is CC(C)(C)OC(=O)N[C@@H](CCC(=O)O)C1CCCCC1. The number of hydrogen-bond acceptors (Lipinski definition) is 3. The molecule has 0 aromatic rings. The summed E-state index contributed by atoms with van der Waals surface area (Å²) < 4.78 is 5.27. The summed E-state index contributed by atoms with van der Waals surface area (Å²) in [6.45, 7) is 5.46. The van der Waals surface area contributed by atoms with E-state index in [1.807, 2.05) is 20.8 Å². The van der Waals surface area contributed by atoms with Crippen molar-refractivity contribution in [2.45, 2.75) is 77.4 Å². The van der Waals surface area contributed by atoms with Gasteiger partial charge in [0.05, 0.1) is 0 Å². The molecule has 1 amide bonds. The molecule has 0 radical (unpaired) electrons. The largest absolute Gasteiger partial charge is 0.481 e. The van der Waals surface area contributed by atoms with Gasteiger partial charge in [0, 0.05) is 12.5 Å². The third-order valence-electron chi connectivity index (χ3n) is 3.59. The first-order chi connectivity index (χ1) is 9.28. The molecule has 0 bridgehead atoms. The number of carbonyl (C=O) groups is 2. The highest BCUT2D eigenvalue weighted by atomic mass is 16.6. The fraction of sp³-hybridized carbons (Fsp3) is 0.867. The van der Waals surface area contributed by atoms with Gasteiger partial charge in [-0.15, -0.1) is 0 Å². The van der Waals surface area contributed by atoms with E-state index in [0.29, 0.717) is 12.3 Å². The highest BCUT2D eigenvalue weighted by Gasteiger charge is 2.27. The molecule has 0 unspecified atom stereocenters. The fourth-order valence-electron chi connectivity index (χ4n) is 2.70. The van der Waals surface area contributed by atoms with E-state index in [4.69, 9.17) is 9.84 Å². The number of rotatable bonds is 5. The molecule has 0 aromatic carbocycles. The third kappa shape index (κ3) is 6.78.